The van der Waals surface area contributed by atoms with E-state index in [2.05, 4.69) is 15.5 Å². The minimum absolute atomic E-state index is 0.0671. The molecule has 1 aromatic rings. The van der Waals surface area contributed by atoms with Gasteiger partial charge in [-0.3, -0.25) is 4.79 Å². The smallest absolute Gasteiger partial charge is 0.305 e. The van der Waals surface area contributed by atoms with Crippen LogP contribution >= 0.6 is 0 Å². The zero-order valence-corrected chi connectivity index (χ0v) is 9.78. The van der Waals surface area contributed by atoms with Gasteiger partial charge in [0.15, 0.2) is 5.82 Å². The number of hydrogen-bond donors (Lipinski definition) is 1. The number of aromatic nitrogens is 4. The van der Waals surface area contributed by atoms with Gasteiger partial charge in [-0.2, -0.15) is 0 Å². The van der Waals surface area contributed by atoms with E-state index in [1.165, 1.54) is 19.3 Å². The van der Waals surface area contributed by atoms with Crippen molar-refractivity contribution in [3.63, 3.8) is 0 Å². The second-order valence-corrected chi connectivity index (χ2v) is 5.35. The summed E-state index contributed by atoms with van der Waals surface area (Å²) in [5, 5.41) is 20.5. The minimum atomic E-state index is -0.812. The molecule has 17 heavy (non-hydrogen) atoms. The number of carboxylic acids is 1. The normalized spacial score (nSPS) is 32.2. The Hall–Kier alpha value is -1.46. The maximum absolute atomic E-state index is 10.7. The third-order valence-corrected chi connectivity index (χ3v) is 4.01. The molecule has 3 unspecified atom stereocenters. The molecule has 3 atom stereocenters. The van der Waals surface area contributed by atoms with Crippen molar-refractivity contribution >= 4 is 5.97 Å². The quantitative estimate of drug-likeness (QED) is 0.850. The zero-order chi connectivity index (χ0) is 12.0. The molecule has 2 aliphatic carbocycles. The van der Waals surface area contributed by atoms with Crippen LogP contribution in [0.3, 0.4) is 0 Å². The molecule has 0 amide bonds. The SMILES string of the molecule is CC(CC(=O)O)n1nnnc1C1CC2CC2C1. The van der Waals surface area contributed by atoms with Crippen LogP contribution in [-0.2, 0) is 4.79 Å². The first-order valence-corrected chi connectivity index (χ1v) is 6.14. The van der Waals surface area contributed by atoms with Crippen molar-refractivity contribution in [1.29, 1.82) is 0 Å². The molecule has 1 N–H and O–H groups in total. The van der Waals surface area contributed by atoms with Gasteiger partial charge < -0.3 is 5.11 Å². The molecule has 2 aliphatic rings. The van der Waals surface area contributed by atoms with Gasteiger partial charge in [-0.25, -0.2) is 4.68 Å². The van der Waals surface area contributed by atoms with Gasteiger partial charge in [-0.05, 0) is 48.4 Å². The van der Waals surface area contributed by atoms with Crippen molar-refractivity contribution in [3.8, 4) is 0 Å². The molecule has 2 saturated carbocycles. The van der Waals surface area contributed by atoms with Crippen LogP contribution in [0.1, 0.15) is 50.4 Å². The Kier molecular flexibility index (Phi) is 2.38. The highest BCUT2D eigenvalue weighted by molar-refractivity contribution is 5.67. The Labute approximate surface area is 99.0 Å². The first-order chi connectivity index (χ1) is 8.15. The van der Waals surface area contributed by atoms with E-state index in [0.29, 0.717) is 5.92 Å². The van der Waals surface area contributed by atoms with Gasteiger partial charge in [-0.1, -0.05) is 0 Å². The van der Waals surface area contributed by atoms with Crippen LogP contribution in [-0.4, -0.2) is 31.3 Å². The highest BCUT2D eigenvalue weighted by Gasteiger charge is 2.47. The summed E-state index contributed by atoms with van der Waals surface area (Å²) in [5.74, 6) is 2.25. The summed E-state index contributed by atoms with van der Waals surface area (Å²) in [6.45, 7) is 1.85. The van der Waals surface area contributed by atoms with E-state index in [1.807, 2.05) is 6.92 Å². The van der Waals surface area contributed by atoms with Crippen molar-refractivity contribution in [2.75, 3.05) is 0 Å². The van der Waals surface area contributed by atoms with Crippen molar-refractivity contribution in [1.82, 2.24) is 20.2 Å². The molecule has 3 rings (SSSR count). The van der Waals surface area contributed by atoms with Crippen molar-refractivity contribution < 1.29 is 9.90 Å². The highest BCUT2D eigenvalue weighted by Crippen LogP contribution is 2.57. The molecule has 0 aliphatic heterocycles. The molecular weight excluding hydrogens is 220 g/mol. The van der Waals surface area contributed by atoms with Crippen LogP contribution in [0, 0.1) is 11.8 Å². The molecule has 0 radical (unpaired) electrons. The fourth-order valence-corrected chi connectivity index (χ4v) is 3.05. The molecule has 6 nitrogen and oxygen atoms in total. The van der Waals surface area contributed by atoms with E-state index >= 15 is 0 Å². The molecule has 1 heterocycles. The van der Waals surface area contributed by atoms with E-state index < -0.39 is 5.97 Å². The summed E-state index contributed by atoms with van der Waals surface area (Å²) in [7, 11) is 0. The summed E-state index contributed by atoms with van der Waals surface area (Å²) >= 11 is 0. The number of fused-ring (bicyclic) bond motifs is 1. The van der Waals surface area contributed by atoms with Crippen LogP contribution in [0.5, 0.6) is 0 Å². The van der Waals surface area contributed by atoms with Crippen molar-refractivity contribution in [2.24, 2.45) is 11.8 Å². The van der Waals surface area contributed by atoms with Crippen molar-refractivity contribution in [3.05, 3.63) is 5.82 Å². The van der Waals surface area contributed by atoms with Gasteiger partial charge in [0.25, 0.3) is 0 Å². The lowest BCUT2D eigenvalue weighted by molar-refractivity contribution is -0.137. The number of hydrogen-bond acceptors (Lipinski definition) is 4. The Bertz CT molecular complexity index is 434. The van der Waals surface area contributed by atoms with E-state index in [4.69, 9.17) is 5.11 Å². The summed E-state index contributed by atoms with van der Waals surface area (Å²) < 4.78 is 1.70. The summed E-state index contributed by atoms with van der Waals surface area (Å²) in [6, 6.07) is -0.172. The first kappa shape index (κ1) is 10.7. The third kappa shape index (κ3) is 1.92. The largest absolute Gasteiger partial charge is 0.481 e. The van der Waals surface area contributed by atoms with Crippen LogP contribution in [0.15, 0.2) is 0 Å². The molecule has 1 aromatic heterocycles. The fourth-order valence-electron chi connectivity index (χ4n) is 3.05. The lowest BCUT2D eigenvalue weighted by Gasteiger charge is -2.15. The Morgan fingerprint density at radius 1 is 1.47 bits per heavy atom. The van der Waals surface area contributed by atoms with E-state index in [1.54, 1.807) is 4.68 Å². The molecule has 0 spiro atoms. The second kappa shape index (κ2) is 3.78. The number of carbonyl (C=O) groups is 1. The van der Waals surface area contributed by atoms with Crippen LogP contribution in [0.25, 0.3) is 0 Å². The van der Waals surface area contributed by atoms with E-state index in [-0.39, 0.29) is 12.5 Å². The minimum Gasteiger partial charge on any atom is -0.481 e. The van der Waals surface area contributed by atoms with Crippen LogP contribution in [0.4, 0.5) is 0 Å². The van der Waals surface area contributed by atoms with Gasteiger partial charge in [0.1, 0.15) is 0 Å². The topological polar surface area (TPSA) is 80.9 Å². The predicted molar refractivity (Wildman–Crippen MR) is 58.4 cm³/mol. The first-order valence-electron chi connectivity index (χ1n) is 6.14. The van der Waals surface area contributed by atoms with Crippen molar-refractivity contribution in [2.45, 2.75) is 44.6 Å². The fraction of sp³-hybridized carbons (Fsp3) is 0.818. The van der Waals surface area contributed by atoms with Gasteiger partial charge in [0.05, 0.1) is 12.5 Å². The number of carboxylic acid groups (broad SMARTS) is 1. The molecule has 2 fully saturated rings. The third-order valence-electron chi connectivity index (χ3n) is 4.01. The van der Waals surface area contributed by atoms with Gasteiger partial charge in [0, 0.05) is 5.92 Å². The average Bonchev–Trinajstić information content (AvgIpc) is 2.75. The second-order valence-electron chi connectivity index (χ2n) is 5.35. The number of rotatable bonds is 4. The zero-order valence-electron chi connectivity index (χ0n) is 9.78. The summed E-state index contributed by atoms with van der Waals surface area (Å²) in [6.07, 6.45) is 3.77. The maximum atomic E-state index is 10.7. The molecule has 0 bridgehead atoms. The maximum Gasteiger partial charge on any atom is 0.305 e. The molecule has 0 saturated heterocycles. The average molecular weight is 236 g/mol. The molecular formula is C11H16N4O2. The number of nitrogens with zero attached hydrogens (tertiary/aromatic N) is 4. The summed E-state index contributed by atoms with van der Waals surface area (Å²) in [4.78, 5) is 10.7. The van der Waals surface area contributed by atoms with Gasteiger partial charge >= 0.3 is 5.97 Å². The van der Waals surface area contributed by atoms with E-state index in [9.17, 15) is 4.79 Å². The van der Waals surface area contributed by atoms with Crippen LogP contribution < -0.4 is 0 Å². The Morgan fingerprint density at radius 2 is 2.18 bits per heavy atom. The lowest BCUT2D eigenvalue weighted by Crippen LogP contribution is -2.16. The van der Waals surface area contributed by atoms with E-state index in [0.717, 1.165) is 17.7 Å². The van der Waals surface area contributed by atoms with Gasteiger partial charge in [-0.15, -0.1) is 5.10 Å². The monoisotopic (exact) mass is 236 g/mol. The highest BCUT2D eigenvalue weighted by atomic mass is 16.4. The number of tetrazole rings is 1. The standard InChI is InChI=1S/C11H16N4O2/c1-6(2-10(16)17)15-11(12-13-14-15)9-4-7-3-8(7)5-9/h6-9H,2-5H2,1H3,(H,16,17). The lowest BCUT2D eigenvalue weighted by atomic mass is 10.0. The molecule has 0 aromatic carbocycles. The summed E-state index contributed by atoms with van der Waals surface area (Å²) in [5.41, 5.74) is 0. The Balaban J connectivity index is 1.76. The molecule has 92 valence electrons. The Morgan fingerprint density at radius 3 is 2.82 bits per heavy atom. The number of aliphatic carboxylic acids is 1. The van der Waals surface area contributed by atoms with Crippen LogP contribution in [0.2, 0.25) is 0 Å². The molecule has 6 heteroatoms. The van der Waals surface area contributed by atoms with Gasteiger partial charge in [0.2, 0.25) is 0 Å². The predicted octanol–water partition coefficient (Wildman–Crippen LogP) is 1.22.